The topological polar surface area (TPSA) is 78.8 Å². The van der Waals surface area contributed by atoms with Gasteiger partial charge in [0.25, 0.3) is 0 Å². The Balaban J connectivity index is 1.64. The smallest absolute Gasteiger partial charge is 0.220 e. The van der Waals surface area contributed by atoms with Gasteiger partial charge in [-0.1, -0.05) is 56.5 Å². The van der Waals surface area contributed by atoms with E-state index >= 15 is 0 Å². The molecule has 0 aromatic heterocycles. The standard InChI is InChI=1S/C27H41NO4/c1-5-6-7-12-19(29)15-16-20-22(30)17-23-25(20)21-13-8-10-18(26(21)32-23)11-9-14-24(31)28-27(2,3)4/h8,10,13,15-16,19-20,22-23,25,29-30H,5-7,9,11-12,14,17H2,1-4H3,(H,28,31)/b16-15+/t19-,20-,22+,23-,25-/m0/s1. The van der Waals surface area contributed by atoms with Gasteiger partial charge in [-0.25, -0.2) is 0 Å². The third-order valence-electron chi connectivity index (χ3n) is 6.51. The third-order valence-corrected chi connectivity index (χ3v) is 6.51. The molecule has 5 atom stereocenters. The van der Waals surface area contributed by atoms with Gasteiger partial charge in [-0.05, 0) is 45.6 Å². The Hall–Kier alpha value is -1.85. The van der Waals surface area contributed by atoms with Crippen LogP contribution in [0.15, 0.2) is 30.4 Å². The number of carbonyl (C=O) groups is 1. The molecule has 0 bridgehead atoms. The van der Waals surface area contributed by atoms with E-state index in [9.17, 15) is 15.0 Å². The second-order valence-corrected chi connectivity index (χ2v) is 10.5. The molecule has 2 aliphatic rings. The minimum Gasteiger partial charge on any atom is -0.489 e. The van der Waals surface area contributed by atoms with Gasteiger partial charge in [0.1, 0.15) is 11.9 Å². The molecular weight excluding hydrogens is 402 g/mol. The van der Waals surface area contributed by atoms with Gasteiger partial charge in [0.2, 0.25) is 5.91 Å². The molecule has 1 heterocycles. The van der Waals surface area contributed by atoms with E-state index in [-0.39, 0.29) is 29.4 Å². The van der Waals surface area contributed by atoms with Crippen molar-refractivity contribution < 1.29 is 19.7 Å². The number of benzene rings is 1. The fourth-order valence-electron chi connectivity index (χ4n) is 5.04. The summed E-state index contributed by atoms with van der Waals surface area (Å²) >= 11 is 0. The summed E-state index contributed by atoms with van der Waals surface area (Å²) in [7, 11) is 0. The maximum absolute atomic E-state index is 12.1. The number of hydrogen-bond donors (Lipinski definition) is 3. The highest BCUT2D eigenvalue weighted by atomic mass is 16.5. The molecule has 3 rings (SSSR count). The van der Waals surface area contributed by atoms with Crippen molar-refractivity contribution in [3.63, 3.8) is 0 Å². The molecule has 0 unspecified atom stereocenters. The van der Waals surface area contributed by atoms with E-state index in [0.29, 0.717) is 12.8 Å². The van der Waals surface area contributed by atoms with Crippen LogP contribution in [0.4, 0.5) is 0 Å². The van der Waals surface area contributed by atoms with Crippen LogP contribution in [-0.2, 0) is 11.2 Å². The highest BCUT2D eigenvalue weighted by Crippen LogP contribution is 2.52. The molecule has 5 heteroatoms. The Morgan fingerprint density at radius 1 is 1.28 bits per heavy atom. The molecule has 5 nitrogen and oxygen atoms in total. The summed E-state index contributed by atoms with van der Waals surface area (Å²) in [6, 6.07) is 6.24. The lowest BCUT2D eigenvalue weighted by atomic mass is 9.86. The van der Waals surface area contributed by atoms with E-state index in [4.69, 9.17) is 4.74 Å². The SMILES string of the molecule is CCCCC[C@H](O)/C=C/[C@@H]1[C@H]2c3cccc(CCCC(=O)NC(C)(C)C)c3O[C@H]2C[C@H]1O. The predicted molar refractivity (Wildman–Crippen MR) is 128 cm³/mol. The zero-order valence-corrected chi connectivity index (χ0v) is 20.1. The number of aliphatic hydroxyl groups excluding tert-OH is 2. The van der Waals surface area contributed by atoms with E-state index in [1.165, 1.54) is 0 Å². The molecule has 1 aliphatic carbocycles. The highest BCUT2D eigenvalue weighted by Gasteiger charge is 2.48. The summed E-state index contributed by atoms with van der Waals surface area (Å²) in [5.74, 6) is 1.08. The number of aliphatic hydroxyl groups is 2. The molecule has 0 saturated heterocycles. The fourth-order valence-corrected chi connectivity index (χ4v) is 5.04. The molecule has 1 aromatic rings. The number of hydrogen-bond acceptors (Lipinski definition) is 4. The first kappa shape index (κ1) is 24.8. The Morgan fingerprint density at radius 3 is 2.78 bits per heavy atom. The molecule has 1 aliphatic heterocycles. The van der Waals surface area contributed by atoms with E-state index in [0.717, 1.165) is 55.4 Å². The molecule has 1 saturated carbocycles. The van der Waals surface area contributed by atoms with Crippen LogP contribution in [-0.4, -0.2) is 40.0 Å². The molecule has 0 radical (unpaired) electrons. The number of carbonyl (C=O) groups excluding carboxylic acids is 1. The van der Waals surface area contributed by atoms with Gasteiger partial charge in [-0.2, -0.15) is 0 Å². The zero-order valence-electron chi connectivity index (χ0n) is 20.1. The predicted octanol–water partition coefficient (Wildman–Crippen LogP) is 4.65. The average Bonchev–Trinajstić information content (AvgIpc) is 3.20. The summed E-state index contributed by atoms with van der Waals surface area (Å²) in [4.78, 5) is 12.1. The number of fused-ring (bicyclic) bond motifs is 3. The van der Waals surface area contributed by atoms with E-state index in [1.54, 1.807) is 0 Å². The summed E-state index contributed by atoms with van der Waals surface area (Å²) < 4.78 is 6.33. The van der Waals surface area contributed by atoms with E-state index in [1.807, 2.05) is 32.9 Å². The monoisotopic (exact) mass is 443 g/mol. The molecule has 1 fully saturated rings. The van der Waals surface area contributed by atoms with Crippen molar-refractivity contribution in [2.75, 3.05) is 0 Å². The number of aryl methyl sites for hydroxylation is 1. The van der Waals surface area contributed by atoms with Gasteiger partial charge in [-0.3, -0.25) is 4.79 Å². The maximum atomic E-state index is 12.1. The van der Waals surface area contributed by atoms with Gasteiger partial charge in [0.05, 0.1) is 12.2 Å². The van der Waals surface area contributed by atoms with Gasteiger partial charge in [0, 0.05) is 35.8 Å². The Kier molecular flexibility index (Phi) is 8.40. The van der Waals surface area contributed by atoms with E-state index in [2.05, 4.69) is 30.4 Å². The minimum atomic E-state index is -0.458. The van der Waals surface area contributed by atoms with Crippen LogP contribution in [0.2, 0.25) is 0 Å². The normalized spacial score (nSPS) is 25.4. The fraction of sp³-hybridized carbons (Fsp3) is 0.667. The first-order valence-electron chi connectivity index (χ1n) is 12.3. The van der Waals surface area contributed by atoms with Crippen molar-refractivity contribution in [2.45, 2.75) is 109 Å². The zero-order chi connectivity index (χ0) is 23.3. The quantitative estimate of drug-likeness (QED) is 0.363. The first-order chi connectivity index (χ1) is 15.2. The van der Waals surface area contributed by atoms with Crippen LogP contribution in [0.25, 0.3) is 0 Å². The van der Waals surface area contributed by atoms with Crippen molar-refractivity contribution in [3.05, 3.63) is 41.5 Å². The average molecular weight is 444 g/mol. The van der Waals surface area contributed by atoms with Crippen LogP contribution in [0, 0.1) is 5.92 Å². The summed E-state index contributed by atoms with van der Waals surface area (Å²) in [6.45, 7) is 8.13. The Bertz CT molecular complexity index is 797. The van der Waals surface area contributed by atoms with Gasteiger partial charge < -0.3 is 20.3 Å². The van der Waals surface area contributed by atoms with E-state index < -0.39 is 12.2 Å². The van der Waals surface area contributed by atoms with Crippen molar-refractivity contribution in [2.24, 2.45) is 5.92 Å². The summed E-state index contributed by atoms with van der Waals surface area (Å²) in [5, 5.41) is 24.0. The summed E-state index contributed by atoms with van der Waals surface area (Å²) in [6.07, 6.45) is 9.64. The second-order valence-electron chi connectivity index (χ2n) is 10.5. The molecule has 178 valence electrons. The number of amides is 1. The lowest BCUT2D eigenvalue weighted by Crippen LogP contribution is -2.40. The van der Waals surface area contributed by atoms with Gasteiger partial charge in [-0.15, -0.1) is 0 Å². The largest absolute Gasteiger partial charge is 0.489 e. The van der Waals surface area contributed by atoms with Crippen molar-refractivity contribution in [1.82, 2.24) is 5.32 Å². The molecule has 32 heavy (non-hydrogen) atoms. The van der Waals surface area contributed by atoms with Crippen LogP contribution >= 0.6 is 0 Å². The van der Waals surface area contributed by atoms with Crippen LogP contribution in [0.5, 0.6) is 5.75 Å². The number of unbranched alkanes of at least 4 members (excludes halogenated alkanes) is 2. The van der Waals surface area contributed by atoms with Crippen molar-refractivity contribution in [1.29, 1.82) is 0 Å². The lowest BCUT2D eigenvalue weighted by Gasteiger charge is -2.20. The first-order valence-corrected chi connectivity index (χ1v) is 12.3. The van der Waals surface area contributed by atoms with Crippen molar-refractivity contribution in [3.8, 4) is 5.75 Å². The number of rotatable bonds is 10. The lowest BCUT2D eigenvalue weighted by molar-refractivity contribution is -0.122. The molecule has 3 N–H and O–H groups in total. The van der Waals surface area contributed by atoms with Crippen LogP contribution < -0.4 is 10.1 Å². The maximum Gasteiger partial charge on any atom is 0.220 e. The summed E-state index contributed by atoms with van der Waals surface area (Å²) in [5.41, 5.74) is 2.08. The van der Waals surface area contributed by atoms with Gasteiger partial charge >= 0.3 is 0 Å². The Morgan fingerprint density at radius 2 is 2.06 bits per heavy atom. The number of nitrogens with one attached hydrogen (secondary N) is 1. The highest BCUT2D eigenvalue weighted by molar-refractivity contribution is 5.76. The van der Waals surface area contributed by atoms with Crippen LogP contribution in [0.3, 0.4) is 0 Å². The Labute approximate surface area is 193 Å². The van der Waals surface area contributed by atoms with Crippen LogP contribution in [0.1, 0.15) is 89.7 Å². The molecule has 1 amide bonds. The van der Waals surface area contributed by atoms with Crippen molar-refractivity contribution >= 4 is 5.91 Å². The molecule has 0 spiro atoms. The molecule has 1 aromatic carbocycles. The van der Waals surface area contributed by atoms with Gasteiger partial charge in [0.15, 0.2) is 0 Å². The minimum absolute atomic E-state index is 0.0303. The third kappa shape index (κ3) is 6.35. The number of para-hydroxylation sites is 1. The second kappa shape index (κ2) is 10.8. The number of ether oxygens (including phenoxy) is 1. The molecular formula is C27H41NO4.